The van der Waals surface area contributed by atoms with E-state index in [1.54, 1.807) is 12.4 Å². The van der Waals surface area contributed by atoms with Crippen molar-refractivity contribution in [3.8, 4) is 0 Å². The summed E-state index contributed by atoms with van der Waals surface area (Å²) in [5.41, 5.74) is 4.15. The van der Waals surface area contributed by atoms with Gasteiger partial charge in [-0.05, 0) is 31.9 Å². The van der Waals surface area contributed by atoms with Gasteiger partial charge in [0, 0.05) is 6.20 Å². The second-order valence-corrected chi connectivity index (χ2v) is 5.98. The number of hydrogen-bond acceptors (Lipinski definition) is 3. The van der Waals surface area contributed by atoms with Crippen molar-refractivity contribution >= 4 is 5.91 Å². The van der Waals surface area contributed by atoms with Gasteiger partial charge in [0.15, 0.2) is 0 Å². The van der Waals surface area contributed by atoms with E-state index in [2.05, 4.69) is 42.2 Å². The Labute approximate surface area is 130 Å². The summed E-state index contributed by atoms with van der Waals surface area (Å²) in [6.45, 7) is 7.27. The van der Waals surface area contributed by atoms with E-state index in [9.17, 15) is 4.79 Å². The molecule has 5 nitrogen and oxygen atoms in total. The first-order chi connectivity index (χ1) is 10.6. The molecule has 1 saturated heterocycles. The molecule has 0 aliphatic carbocycles. The molecule has 5 heteroatoms. The van der Waals surface area contributed by atoms with Crippen LogP contribution in [0.25, 0.3) is 0 Å². The van der Waals surface area contributed by atoms with E-state index in [1.807, 2.05) is 11.8 Å². The number of morpholine rings is 1. The molecule has 2 atom stereocenters. The van der Waals surface area contributed by atoms with E-state index in [1.165, 1.54) is 11.1 Å². The smallest absolute Gasteiger partial charge is 0.257 e. The van der Waals surface area contributed by atoms with Gasteiger partial charge < -0.3 is 9.64 Å². The van der Waals surface area contributed by atoms with Gasteiger partial charge in [-0.1, -0.05) is 23.8 Å². The van der Waals surface area contributed by atoms with Crippen LogP contribution in [0.5, 0.6) is 0 Å². The molecular weight excluding hydrogens is 278 g/mol. The molecule has 22 heavy (non-hydrogen) atoms. The highest BCUT2D eigenvalue weighted by molar-refractivity contribution is 5.94. The fourth-order valence-corrected chi connectivity index (χ4v) is 2.87. The number of carbonyl (C=O) groups excluding carboxylic acids is 1. The largest absolute Gasteiger partial charge is 0.370 e. The molecule has 3 rings (SSSR count). The van der Waals surface area contributed by atoms with E-state index >= 15 is 0 Å². The van der Waals surface area contributed by atoms with Crippen molar-refractivity contribution in [2.75, 3.05) is 13.2 Å². The van der Waals surface area contributed by atoms with Crippen LogP contribution in [-0.4, -0.2) is 40.2 Å². The Balaban J connectivity index is 1.84. The summed E-state index contributed by atoms with van der Waals surface area (Å²) in [5, 5.41) is 6.56. The van der Waals surface area contributed by atoms with Gasteiger partial charge >= 0.3 is 0 Å². The second kappa shape index (κ2) is 5.93. The monoisotopic (exact) mass is 299 g/mol. The van der Waals surface area contributed by atoms with Gasteiger partial charge in [0.2, 0.25) is 0 Å². The van der Waals surface area contributed by atoms with Crippen LogP contribution in [0.15, 0.2) is 30.6 Å². The average molecular weight is 299 g/mol. The van der Waals surface area contributed by atoms with Crippen molar-refractivity contribution in [1.29, 1.82) is 0 Å². The number of aromatic amines is 1. The van der Waals surface area contributed by atoms with E-state index in [0.717, 1.165) is 5.56 Å². The maximum atomic E-state index is 12.6. The lowest BCUT2D eigenvalue weighted by Gasteiger charge is -2.38. The highest BCUT2D eigenvalue weighted by atomic mass is 16.5. The number of nitrogens with one attached hydrogen (secondary N) is 1. The van der Waals surface area contributed by atoms with Crippen molar-refractivity contribution in [3.05, 3.63) is 52.8 Å². The van der Waals surface area contributed by atoms with E-state index in [0.29, 0.717) is 18.7 Å². The Morgan fingerprint density at radius 3 is 2.95 bits per heavy atom. The van der Waals surface area contributed by atoms with Crippen LogP contribution in [0.2, 0.25) is 0 Å². The maximum Gasteiger partial charge on any atom is 0.257 e. The van der Waals surface area contributed by atoms with Crippen LogP contribution in [0.1, 0.15) is 40.1 Å². The molecule has 116 valence electrons. The SMILES string of the molecule is Cc1ccc(C)c([C@H]2CN(C(=O)c3cn[nH]c3)[C@H](C)CO2)c1. The lowest BCUT2D eigenvalue weighted by atomic mass is 9.98. The summed E-state index contributed by atoms with van der Waals surface area (Å²) in [5.74, 6) is -0.000133. The van der Waals surface area contributed by atoms with Crippen molar-refractivity contribution in [2.45, 2.75) is 32.9 Å². The number of benzene rings is 1. The van der Waals surface area contributed by atoms with Crippen LogP contribution < -0.4 is 0 Å². The summed E-state index contributed by atoms with van der Waals surface area (Å²) >= 11 is 0. The molecule has 0 unspecified atom stereocenters. The molecule has 0 radical (unpaired) electrons. The fourth-order valence-electron chi connectivity index (χ4n) is 2.87. The zero-order valence-electron chi connectivity index (χ0n) is 13.2. The Kier molecular flexibility index (Phi) is 3.98. The molecule has 1 aromatic heterocycles. The zero-order chi connectivity index (χ0) is 15.7. The van der Waals surface area contributed by atoms with Crippen molar-refractivity contribution < 1.29 is 9.53 Å². The molecule has 1 fully saturated rings. The lowest BCUT2D eigenvalue weighted by molar-refractivity contribution is -0.0489. The minimum Gasteiger partial charge on any atom is -0.370 e. The highest BCUT2D eigenvalue weighted by Crippen LogP contribution is 2.28. The number of aromatic nitrogens is 2. The number of amides is 1. The summed E-state index contributed by atoms with van der Waals surface area (Å²) in [4.78, 5) is 14.5. The fraction of sp³-hybridized carbons (Fsp3) is 0.412. The third-order valence-electron chi connectivity index (χ3n) is 4.22. The van der Waals surface area contributed by atoms with E-state index in [-0.39, 0.29) is 18.1 Å². The minimum atomic E-state index is -0.0769. The Morgan fingerprint density at radius 1 is 1.41 bits per heavy atom. The third kappa shape index (κ3) is 2.76. The number of nitrogens with zero attached hydrogens (tertiary/aromatic N) is 2. The summed E-state index contributed by atoms with van der Waals surface area (Å²) < 4.78 is 5.99. The number of aryl methyl sites for hydroxylation is 2. The molecule has 2 heterocycles. The first kappa shape index (κ1) is 14.8. The van der Waals surface area contributed by atoms with E-state index < -0.39 is 0 Å². The van der Waals surface area contributed by atoms with Crippen LogP contribution in [-0.2, 0) is 4.74 Å². The summed E-state index contributed by atoms with van der Waals surface area (Å²) in [7, 11) is 0. The van der Waals surface area contributed by atoms with Crippen molar-refractivity contribution in [3.63, 3.8) is 0 Å². The third-order valence-corrected chi connectivity index (χ3v) is 4.22. The molecule has 1 amide bonds. The standard InChI is InChI=1S/C17H21N3O2/c1-11-4-5-12(2)15(6-11)16-9-20(13(3)10-22-16)17(21)14-7-18-19-8-14/h4-8,13,16H,9-10H2,1-3H3,(H,18,19)/t13-,16-/m1/s1. The molecule has 2 aromatic rings. The van der Waals surface area contributed by atoms with Gasteiger partial charge in [-0.2, -0.15) is 5.10 Å². The maximum absolute atomic E-state index is 12.6. The minimum absolute atomic E-state index is 0.000133. The van der Waals surface area contributed by atoms with Gasteiger partial charge in [-0.15, -0.1) is 0 Å². The molecule has 1 aliphatic rings. The molecule has 1 aliphatic heterocycles. The predicted octanol–water partition coefficient (Wildman–Crippen LogP) is 2.63. The Hall–Kier alpha value is -2.14. The number of H-pyrrole nitrogens is 1. The number of hydrogen-bond donors (Lipinski definition) is 1. The van der Waals surface area contributed by atoms with Crippen LogP contribution in [0.4, 0.5) is 0 Å². The molecule has 0 bridgehead atoms. The van der Waals surface area contributed by atoms with Crippen LogP contribution in [0.3, 0.4) is 0 Å². The summed E-state index contributed by atoms with van der Waals surface area (Å²) in [6.07, 6.45) is 3.13. The average Bonchev–Trinajstić information content (AvgIpc) is 3.04. The van der Waals surface area contributed by atoms with Gasteiger partial charge in [-0.25, -0.2) is 0 Å². The topological polar surface area (TPSA) is 58.2 Å². The van der Waals surface area contributed by atoms with Gasteiger partial charge in [0.05, 0.1) is 31.0 Å². The van der Waals surface area contributed by atoms with Crippen LogP contribution in [0, 0.1) is 13.8 Å². The zero-order valence-corrected chi connectivity index (χ0v) is 13.2. The molecule has 1 aromatic carbocycles. The van der Waals surface area contributed by atoms with Crippen molar-refractivity contribution in [1.82, 2.24) is 15.1 Å². The Morgan fingerprint density at radius 2 is 2.23 bits per heavy atom. The van der Waals surface area contributed by atoms with Gasteiger partial charge in [-0.3, -0.25) is 9.89 Å². The number of carbonyl (C=O) groups is 1. The van der Waals surface area contributed by atoms with E-state index in [4.69, 9.17) is 4.74 Å². The highest BCUT2D eigenvalue weighted by Gasteiger charge is 2.32. The first-order valence-corrected chi connectivity index (χ1v) is 7.54. The molecule has 0 spiro atoms. The number of rotatable bonds is 2. The van der Waals surface area contributed by atoms with Crippen LogP contribution >= 0.6 is 0 Å². The Bertz CT molecular complexity index is 667. The lowest BCUT2D eigenvalue weighted by Crippen LogP contribution is -2.48. The van der Waals surface area contributed by atoms with Gasteiger partial charge in [0.1, 0.15) is 6.10 Å². The molecule has 1 N–H and O–H groups in total. The first-order valence-electron chi connectivity index (χ1n) is 7.54. The van der Waals surface area contributed by atoms with Crippen molar-refractivity contribution in [2.24, 2.45) is 0 Å². The second-order valence-electron chi connectivity index (χ2n) is 5.98. The normalized spacial score (nSPS) is 21.9. The quantitative estimate of drug-likeness (QED) is 0.927. The molecule has 0 saturated carbocycles. The summed E-state index contributed by atoms with van der Waals surface area (Å²) in [6, 6.07) is 6.41. The molecular formula is C17H21N3O2. The van der Waals surface area contributed by atoms with Gasteiger partial charge in [0.25, 0.3) is 5.91 Å². The predicted molar refractivity (Wildman–Crippen MR) is 83.7 cm³/mol. The number of ether oxygens (including phenoxy) is 1.